The molecule has 2 rings (SSSR count). The lowest BCUT2D eigenvalue weighted by molar-refractivity contribution is -0.121. The average Bonchev–Trinajstić information content (AvgIpc) is 2.63. The van der Waals surface area contributed by atoms with Crippen LogP contribution < -0.4 is 15.8 Å². The van der Waals surface area contributed by atoms with Gasteiger partial charge in [0.25, 0.3) is 0 Å². The van der Waals surface area contributed by atoms with Crippen molar-refractivity contribution >= 4 is 30.7 Å². The van der Waals surface area contributed by atoms with Crippen molar-refractivity contribution in [1.82, 2.24) is 10.3 Å². The highest BCUT2D eigenvalue weighted by Gasteiger charge is 2.03. The fourth-order valence-corrected chi connectivity index (χ4v) is 2.27. The number of hydrogen-bond acceptors (Lipinski definition) is 4. The van der Waals surface area contributed by atoms with Crippen LogP contribution >= 0.6 is 24.8 Å². The molecule has 0 saturated carbocycles. The lowest BCUT2D eigenvalue weighted by Crippen LogP contribution is -2.22. The second kappa shape index (κ2) is 14.2. The van der Waals surface area contributed by atoms with Gasteiger partial charge in [0.2, 0.25) is 11.8 Å². The Hall–Kier alpha value is -1.89. The van der Waals surface area contributed by atoms with Crippen molar-refractivity contribution in [3.05, 3.63) is 54.0 Å². The van der Waals surface area contributed by atoms with E-state index in [2.05, 4.69) is 10.3 Å². The van der Waals surface area contributed by atoms with E-state index >= 15 is 0 Å². The highest BCUT2D eigenvalue weighted by molar-refractivity contribution is 5.85. The lowest BCUT2D eigenvalue weighted by atomic mass is 10.1. The number of ether oxygens (including phenoxy) is 1. The minimum absolute atomic E-state index is 0. The summed E-state index contributed by atoms with van der Waals surface area (Å²) in [6, 6.07) is 9.30. The SMILES string of the molecule is Cl.Cl.NCCCCCCC(=O)NCc1ccc(Oc2ccc(F)cc2)nc1. The van der Waals surface area contributed by atoms with E-state index in [0.29, 0.717) is 31.1 Å². The van der Waals surface area contributed by atoms with Gasteiger partial charge >= 0.3 is 0 Å². The predicted molar refractivity (Wildman–Crippen MR) is 109 cm³/mol. The molecule has 0 fully saturated rings. The summed E-state index contributed by atoms with van der Waals surface area (Å²) < 4.78 is 18.4. The maximum Gasteiger partial charge on any atom is 0.220 e. The maximum atomic E-state index is 12.9. The van der Waals surface area contributed by atoms with Crippen molar-refractivity contribution in [2.75, 3.05) is 6.54 Å². The summed E-state index contributed by atoms with van der Waals surface area (Å²) >= 11 is 0. The molecule has 2 aromatic rings. The summed E-state index contributed by atoms with van der Waals surface area (Å²) in [6.07, 6.45) is 6.18. The van der Waals surface area contributed by atoms with Crippen LogP contribution in [0.2, 0.25) is 0 Å². The standard InChI is InChI=1S/C19H24FN3O2.2ClH/c20-16-7-9-17(10-8-16)25-19-11-6-15(14-23-19)13-22-18(24)5-3-1-2-4-12-21;;/h6-11,14H,1-5,12-13,21H2,(H,22,24);2*1H. The molecule has 0 aliphatic carbocycles. The van der Waals surface area contributed by atoms with Gasteiger partial charge in [-0.15, -0.1) is 24.8 Å². The van der Waals surface area contributed by atoms with Crippen LogP contribution in [0, 0.1) is 5.82 Å². The number of carbonyl (C=O) groups is 1. The summed E-state index contributed by atoms with van der Waals surface area (Å²) in [5.74, 6) is 0.663. The zero-order valence-corrected chi connectivity index (χ0v) is 16.7. The van der Waals surface area contributed by atoms with E-state index < -0.39 is 0 Å². The van der Waals surface area contributed by atoms with Crippen LogP contribution in [-0.4, -0.2) is 17.4 Å². The summed E-state index contributed by atoms with van der Waals surface area (Å²) in [5, 5.41) is 2.88. The normalized spacial score (nSPS) is 9.70. The highest BCUT2D eigenvalue weighted by Crippen LogP contribution is 2.19. The minimum atomic E-state index is -0.314. The van der Waals surface area contributed by atoms with Gasteiger partial charge in [-0.25, -0.2) is 9.37 Å². The van der Waals surface area contributed by atoms with Crippen molar-refractivity contribution in [2.45, 2.75) is 38.6 Å². The van der Waals surface area contributed by atoms with Gasteiger partial charge in [-0.3, -0.25) is 4.79 Å². The first-order chi connectivity index (χ1) is 12.2. The zero-order valence-electron chi connectivity index (χ0n) is 15.0. The number of benzene rings is 1. The van der Waals surface area contributed by atoms with E-state index in [1.165, 1.54) is 12.1 Å². The van der Waals surface area contributed by atoms with Crippen molar-refractivity contribution in [2.24, 2.45) is 5.73 Å². The molecule has 8 heteroatoms. The monoisotopic (exact) mass is 417 g/mol. The van der Waals surface area contributed by atoms with Crippen molar-refractivity contribution in [1.29, 1.82) is 0 Å². The summed E-state index contributed by atoms with van der Waals surface area (Å²) in [4.78, 5) is 16.0. The third-order valence-electron chi connectivity index (χ3n) is 3.68. The second-order valence-corrected chi connectivity index (χ2v) is 5.79. The number of aromatic nitrogens is 1. The van der Waals surface area contributed by atoms with Crippen LogP contribution in [0.5, 0.6) is 11.6 Å². The molecule has 150 valence electrons. The summed E-state index contributed by atoms with van der Waals surface area (Å²) in [6.45, 7) is 1.14. The Morgan fingerprint density at radius 1 is 1.04 bits per heavy atom. The van der Waals surface area contributed by atoms with Crippen LogP contribution in [0.1, 0.15) is 37.7 Å². The maximum absolute atomic E-state index is 12.9. The van der Waals surface area contributed by atoms with Crippen LogP contribution in [-0.2, 0) is 11.3 Å². The zero-order chi connectivity index (χ0) is 17.9. The topological polar surface area (TPSA) is 77.2 Å². The number of hydrogen-bond donors (Lipinski definition) is 2. The minimum Gasteiger partial charge on any atom is -0.439 e. The van der Waals surface area contributed by atoms with Crippen molar-refractivity contribution < 1.29 is 13.9 Å². The number of unbranched alkanes of at least 4 members (excludes halogenated alkanes) is 3. The summed E-state index contributed by atoms with van der Waals surface area (Å²) in [7, 11) is 0. The van der Waals surface area contributed by atoms with Crippen LogP contribution in [0.4, 0.5) is 4.39 Å². The van der Waals surface area contributed by atoms with Gasteiger partial charge in [0, 0.05) is 25.2 Å². The summed E-state index contributed by atoms with van der Waals surface area (Å²) in [5.41, 5.74) is 6.32. The molecule has 0 bridgehead atoms. The lowest BCUT2D eigenvalue weighted by Gasteiger charge is -2.07. The Kier molecular flexibility index (Phi) is 13.2. The number of nitrogens with two attached hydrogens (primary N) is 1. The first-order valence-electron chi connectivity index (χ1n) is 8.52. The number of amides is 1. The molecule has 1 aromatic carbocycles. The van der Waals surface area contributed by atoms with Gasteiger partial charge in [0.1, 0.15) is 11.6 Å². The molecule has 0 aliphatic heterocycles. The van der Waals surface area contributed by atoms with Gasteiger partial charge in [0.05, 0.1) is 0 Å². The molecule has 1 heterocycles. The molecule has 0 aliphatic rings. The van der Waals surface area contributed by atoms with Crippen LogP contribution in [0.25, 0.3) is 0 Å². The van der Waals surface area contributed by atoms with E-state index in [9.17, 15) is 9.18 Å². The van der Waals surface area contributed by atoms with Gasteiger partial charge in [0.15, 0.2) is 0 Å². The van der Waals surface area contributed by atoms with E-state index in [1.54, 1.807) is 24.4 Å². The second-order valence-electron chi connectivity index (χ2n) is 5.79. The van der Waals surface area contributed by atoms with E-state index in [1.807, 2.05) is 6.07 Å². The highest BCUT2D eigenvalue weighted by atomic mass is 35.5. The number of rotatable bonds is 10. The van der Waals surface area contributed by atoms with Crippen molar-refractivity contribution in [3.63, 3.8) is 0 Å². The largest absolute Gasteiger partial charge is 0.439 e. The molecule has 0 atom stereocenters. The molecule has 5 nitrogen and oxygen atoms in total. The molecular weight excluding hydrogens is 392 g/mol. The Labute approximate surface area is 171 Å². The Morgan fingerprint density at radius 3 is 2.37 bits per heavy atom. The smallest absolute Gasteiger partial charge is 0.220 e. The van der Waals surface area contributed by atoms with Gasteiger partial charge in [-0.2, -0.15) is 0 Å². The fourth-order valence-electron chi connectivity index (χ4n) is 2.27. The van der Waals surface area contributed by atoms with Crippen LogP contribution in [0.3, 0.4) is 0 Å². The number of halogens is 3. The molecule has 3 N–H and O–H groups in total. The van der Waals surface area contributed by atoms with E-state index in [0.717, 1.165) is 31.2 Å². The number of nitrogens with one attached hydrogen (secondary N) is 1. The van der Waals surface area contributed by atoms with Crippen LogP contribution in [0.15, 0.2) is 42.6 Å². The number of nitrogens with zero attached hydrogens (tertiary/aromatic N) is 1. The van der Waals surface area contributed by atoms with Gasteiger partial charge in [-0.1, -0.05) is 18.9 Å². The first kappa shape index (κ1) is 25.1. The molecule has 0 saturated heterocycles. The fraction of sp³-hybridized carbons (Fsp3) is 0.368. The molecular formula is C19H26Cl2FN3O2. The van der Waals surface area contributed by atoms with Gasteiger partial charge in [-0.05, 0) is 49.2 Å². The third kappa shape index (κ3) is 10.1. The molecule has 0 unspecified atom stereocenters. The number of pyridine rings is 1. The molecule has 27 heavy (non-hydrogen) atoms. The predicted octanol–water partition coefficient (Wildman–Crippen LogP) is 4.38. The quantitative estimate of drug-likeness (QED) is 0.562. The molecule has 0 spiro atoms. The van der Waals surface area contributed by atoms with Crippen molar-refractivity contribution in [3.8, 4) is 11.6 Å². The Bertz CT molecular complexity index is 655. The van der Waals surface area contributed by atoms with Gasteiger partial charge < -0.3 is 15.8 Å². The Morgan fingerprint density at radius 2 is 1.74 bits per heavy atom. The Balaban J connectivity index is 0.00000338. The molecule has 0 radical (unpaired) electrons. The third-order valence-corrected chi connectivity index (χ3v) is 3.68. The molecule has 1 aromatic heterocycles. The number of carbonyl (C=O) groups excluding carboxylic acids is 1. The average molecular weight is 418 g/mol. The van der Waals surface area contributed by atoms with E-state index in [-0.39, 0.29) is 36.5 Å². The van der Waals surface area contributed by atoms with E-state index in [4.69, 9.17) is 10.5 Å². The molecule has 1 amide bonds. The first-order valence-corrected chi connectivity index (χ1v) is 8.52.